The van der Waals surface area contributed by atoms with E-state index in [9.17, 15) is 5.11 Å². The van der Waals surface area contributed by atoms with E-state index in [0.29, 0.717) is 51.3 Å². The SMILES string of the molecule is CCCOc1c2cccc1Cc1cccc(c1OCCC)Cc1cccc(c1OCCC)Cc1cccc(c1O)C2. The van der Waals surface area contributed by atoms with Crippen LogP contribution in [-0.2, 0) is 25.7 Å². The van der Waals surface area contributed by atoms with E-state index in [2.05, 4.69) is 75.4 Å². The molecule has 0 saturated heterocycles. The second-order valence-corrected chi connectivity index (χ2v) is 10.9. The topological polar surface area (TPSA) is 47.9 Å². The minimum atomic E-state index is 0.346. The number of hydrogen-bond acceptors (Lipinski definition) is 4. The molecule has 4 aromatic carbocycles. The molecule has 0 saturated carbocycles. The van der Waals surface area contributed by atoms with Gasteiger partial charge in [-0.3, -0.25) is 0 Å². The normalized spacial score (nSPS) is 12.6. The molecule has 0 aliphatic heterocycles. The lowest BCUT2D eigenvalue weighted by Gasteiger charge is -2.21. The molecular weight excluding hydrogens is 508 g/mol. The van der Waals surface area contributed by atoms with Gasteiger partial charge in [0.25, 0.3) is 0 Å². The van der Waals surface area contributed by atoms with Crippen molar-refractivity contribution < 1.29 is 19.3 Å². The van der Waals surface area contributed by atoms with Gasteiger partial charge in [-0.15, -0.1) is 0 Å². The third kappa shape index (κ3) is 6.53. The molecule has 0 amide bonds. The monoisotopic (exact) mass is 550 g/mol. The molecule has 1 N–H and O–H groups in total. The molecule has 4 aromatic rings. The van der Waals surface area contributed by atoms with E-state index in [1.807, 2.05) is 18.2 Å². The number of phenols is 1. The van der Waals surface area contributed by atoms with Crippen LogP contribution in [0.4, 0.5) is 0 Å². The van der Waals surface area contributed by atoms with Gasteiger partial charge in [-0.25, -0.2) is 0 Å². The average molecular weight is 551 g/mol. The Morgan fingerprint density at radius 3 is 0.951 bits per heavy atom. The highest BCUT2D eigenvalue weighted by atomic mass is 16.5. The Morgan fingerprint density at radius 2 is 0.683 bits per heavy atom. The van der Waals surface area contributed by atoms with Crippen LogP contribution in [0.2, 0.25) is 0 Å². The molecule has 1 aliphatic rings. The highest BCUT2D eigenvalue weighted by molar-refractivity contribution is 5.55. The summed E-state index contributed by atoms with van der Waals surface area (Å²) in [4.78, 5) is 0. The van der Waals surface area contributed by atoms with Crippen LogP contribution >= 0.6 is 0 Å². The first-order valence-electron chi connectivity index (χ1n) is 15.1. The zero-order chi connectivity index (χ0) is 28.6. The summed E-state index contributed by atoms with van der Waals surface area (Å²) >= 11 is 0. The van der Waals surface area contributed by atoms with Gasteiger partial charge in [0, 0.05) is 25.7 Å². The third-order valence-corrected chi connectivity index (χ3v) is 7.61. The van der Waals surface area contributed by atoms with Crippen LogP contribution in [0.25, 0.3) is 0 Å². The zero-order valence-electron chi connectivity index (χ0n) is 24.7. The van der Waals surface area contributed by atoms with Crippen molar-refractivity contribution in [3.63, 3.8) is 0 Å². The first-order valence-corrected chi connectivity index (χ1v) is 15.1. The number of benzene rings is 4. The van der Waals surface area contributed by atoms with Gasteiger partial charge in [0.1, 0.15) is 23.0 Å². The zero-order valence-corrected chi connectivity index (χ0v) is 24.7. The van der Waals surface area contributed by atoms with Crippen molar-refractivity contribution in [2.24, 2.45) is 0 Å². The van der Waals surface area contributed by atoms with Gasteiger partial charge in [-0.1, -0.05) is 93.6 Å². The van der Waals surface area contributed by atoms with E-state index in [4.69, 9.17) is 14.2 Å². The fraction of sp³-hybridized carbons (Fsp3) is 0.351. The van der Waals surface area contributed by atoms with Crippen molar-refractivity contribution in [1.82, 2.24) is 0 Å². The van der Waals surface area contributed by atoms with Gasteiger partial charge in [0.05, 0.1) is 19.8 Å². The number of hydrogen-bond donors (Lipinski definition) is 1. The Morgan fingerprint density at radius 1 is 0.439 bits per heavy atom. The van der Waals surface area contributed by atoms with Crippen LogP contribution in [-0.4, -0.2) is 24.9 Å². The van der Waals surface area contributed by atoms with Crippen molar-refractivity contribution >= 4 is 0 Å². The summed E-state index contributed by atoms with van der Waals surface area (Å²) in [6.45, 7) is 8.35. The van der Waals surface area contributed by atoms with Gasteiger partial charge >= 0.3 is 0 Å². The number of para-hydroxylation sites is 4. The van der Waals surface area contributed by atoms with Crippen LogP contribution in [0.1, 0.15) is 84.5 Å². The second kappa shape index (κ2) is 13.6. The maximum atomic E-state index is 11.5. The molecule has 0 atom stereocenters. The minimum Gasteiger partial charge on any atom is -0.507 e. The molecule has 0 spiro atoms. The van der Waals surface area contributed by atoms with E-state index in [1.54, 1.807) is 0 Å². The van der Waals surface area contributed by atoms with Crippen molar-refractivity contribution in [1.29, 1.82) is 0 Å². The number of aromatic hydroxyl groups is 1. The molecule has 5 rings (SSSR count). The van der Waals surface area contributed by atoms with E-state index in [1.165, 1.54) is 0 Å². The molecular formula is C37H42O4. The second-order valence-electron chi connectivity index (χ2n) is 10.9. The lowest BCUT2D eigenvalue weighted by Crippen LogP contribution is -2.08. The van der Waals surface area contributed by atoms with Crippen molar-refractivity contribution in [3.05, 3.63) is 117 Å². The predicted molar refractivity (Wildman–Crippen MR) is 166 cm³/mol. The van der Waals surface area contributed by atoms with Crippen LogP contribution in [0.3, 0.4) is 0 Å². The fourth-order valence-electron chi connectivity index (χ4n) is 5.67. The quantitative estimate of drug-likeness (QED) is 0.200. The number of fused-ring (bicyclic) bond motifs is 8. The highest BCUT2D eigenvalue weighted by Gasteiger charge is 2.20. The first kappa shape index (κ1) is 28.6. The molecule has 0 fully saturated rings. The highest BCUT2D eigenvalue weighted by Crippen LogP contribution is 2.38. The van der Waals surface area contributed by atoms with Crippen molar-refractivity contribution in [2.45, 2.75) is 65.7 Å². The van der Waals surface area contributed by atoms with Crippen LogP contribution in [0.15, 0.2) is 72.8 Å². The Balaban J connectivity index is 1.72. The summed E-state index contributed by atoms with van der Waals surface area (Å²) in [5.41, 5.74) is 8.52. The summed E-state index contributed by atoms with van der Waals surface area (Å²) in [7, 11) is 0. The standard InChI is InChI=1S/C37H42O4/c1-4-19-39-35-28-13-8-15-30(35)24-32-17-10-18-33(37(32)41-21-6-3)25-31-16-9-14-29(36(31)40-20-5-2)23-27-12-7-11-26(22-28)34(27)38/h7-18,38H,4-6,19-25H2,1-3H3. The molecule has 214 valence electrons. The molecule has 4 heteroatoms. The average Bonchev–Trinajstić information content (AvgIpc) is 2.98. The molecule has 41 heavy (non-hydrogen) atoms. The van der Waals surface area contributed by atoms with Crippen LogP contribution < -0.4 is 14.2 Å². The molecule has 1 aliphatic carbocycles. The number of rotatable bonds is 9. The fourth-order valence-corrected chi connectivity index (χ4v) is 5.67. The van der Waals surface area contributed by atoms with Gasteiger partial charge in [-0.05, 0) is 63.8 Å². The molecule has 8 bridgehead atoms. The van der Waals surface area contributed by atoms with Crippen LogP contribution in [0.5, 0.6) is 23.0 Å². The Labute approximate surface area is 244 Å². The Bertz CT molecular complexity index is 1370. The van der Waals surface area contributed by atoms with E-state index in [0.717, 1.165) is 81.0 Å². The first-order chi connectivity index (χ1) is 20.1. The van der Waals surface area contributed by atoms with Gasteiger partial charge < -0.3 is 19.3 Å². The number of ether oxygens (including phenoxy) is 3. The van der Waals surface area contributed by atoms with Crippen molar-refractivity contribution in [3.8, 4) is 23.0 Å². The molecule has 4 nitrogen and oxygen atoms in total. The summed E-state index contributed by atoms with van der Waals surface area (Å²) in [5, 5.41) is 11.5. The summed E-state index contributed by atoms with van der Waals surface area (Å²) < 4.78 is 19.3. The molecule has 0 aromatic heterocycles. The van der Waals surface area contributed by atoms with E-state index >= 15 is 0 Å². The Kier molecular flexibility index (Phi) is 9.51. The van der Waals surface area contributed by atoms with Gasteiger partial charge in [0.2, 0.25) is 0 Å². The predicted octanol–water partition coefficient (Wildman–Crippen LogP) is 8.44. The lowest BCUT2D eigenvalue weighted by atomic mass is 9.91. The third-order valence-electron chi connectivity index (χ3n) is 7.61. The Hall–Kier alpha value is -3.92. The van der Waals surface area contributed by atoms with Crippen LogP contribution in [0, 0.1) is 0 Å². The summed E-state index contributed by atoms with van der Waals surface area (Å²) in [6, 6.07) is 25.3. The maximum Gasteiger partial charge on any atom is 0.126 e. The van der Waals surface area contributed by atoms with E-state index in [-0.39, 0.29) is 0 Å². The summed E-state index contributed by atoms with van der Waals surface area (Å²) in [6.07, 6.45) is 5.37. The lowest BCUT2D eigenvalue weighted by molar-refractivity contribution is 0.306. The van der Waals surface area contributed by atoms with E-state index < -0.39 is 0 Å². The minimum absolute atomic E-state index is 0.346. The largest absolute Gasteiger partial charge is 0.507 e. The molecule has 0 radical (unpaired) electrons. The molecule has 0 unspecified atom stereocenters. The molecule has 0 heterocycles. The van der Waals surface area contributed by atoms with Crippen molar-refractivity contribution in [2.75, 3.05) is 19.8 Å². The maximum absolute atomic E-state index is 11.5. The van der Waals surface area contributed by atoms with Gasteiger partial charge in [0.15, 0.2) is 0 Å². The summed E-state index contributed by atoms with van der Waals surface area (Å²) in [5.74, 6) is 3.14. The van der Waals surface area contributed by atoms with Gasteiger partial charge in [-0.2, -0.15) is 0 Å². The number of phenolic OH excluding ortho intramolecular Hbond substituents is 1. The smallest absolute Gasteiger partial charge is 0.126 e.